The maximum Gasteiger partial charge on any atom is 0.261 e. The third kappa shape index (κ3) is 3.68. The Morgan fingerprint density at radius 3 is 2.73 bits per heavy atom. The first-order valence-electron chi connectivity index (χ1n) is 9.96. The maximum atomic E-state index is 12.9. The van der Waals surface area contributed by atoms with Crippen LogP contribution in [-0.2, 0) is 4.79 Å². The van der Waals surface area contributed by atoms with Crippen molar-refractivity contribution in [3.8, 4) is 28.7 Å². The van der Waals surface area contributed by atoms with Crippen LogP contribution in [0, 0.1) is 0 Å². The van der Waals surface area contributed by atoms with Crippen molar-refractivity contribution in [2.24, 2.45) is 0 Å². The van der Waals surface area contributed by atoms with E-state index in [1.165, 1.54) is 6.39 Å². The van der Waals surface area contributed by atoms with Crippen LogP contribution in [-0.4, -0.2) is 47.4 Å². The lowest BCUT2D eigenvalue weighted by molar-refractivity contribution is -0.134. The Morgan fingerprint density at radius 2 is 1.93 bits per heavy atom. The number of aromatic nitrogens is 2. The fourth-order valence-corrected chi connectivity index (χ4v) is 3.90. The lowest BCUT2D eigenvalue weighted by Crippen LogP contribution is -2.34. The fourth-order valence-electron chi connectivity index (χ4n) is 3.90. The summed E-state index contributed by atoms with van der Waals surface area (Å²) in [5, 5.41) is 7.54. The molecule has 0 N–H and O–H groups in total. The number of carbonyl (C=O) groups is 1. The molecule has 2 aliphatic heterocycles. The van der Waals surface area contributed by atoms with E-state index in [4.69, 9.17) is 18.6 Å². The van der Waals surface area contributed by atoms with Gasteiger partial charge >= 0.3 is 0 Å². The first-order chi connectivity index (χ1) is 14.8. The molecular formula is C22H21N3O5. The van der Waals surface area contributed by atoms with Crippen LogP contribution in [0.2, 0.25) is 0 Å². The van der Waals surface area contributed by atoms with Gasteiger partial charge in [-0.2, -0.15) is 0 Å². The Balaban J connectivity index is 1.23. The summed E-state index contributed by atoms with van der Waals surface area (Å²) in [7, 11) is 0. The summed E-state index contributed by atoms with van der Waals surface area (Å²) < 4.78 is 22.2. The Hall–Kier alpha value is -3.55. The molecule has 1 atom stereocenters. The molecule has 8 nitrogen and oxygen atoms in total. The van der Waals surface area contributed by atoms with Crippen LogP contribution < -0.4 is 14.2 Å². The molecule has 154 valence electrons. The van der Waals surface area contributed by atoms with E-state index in [0.717, 1.165) is 42.0 Å². The van der Waals surface area contributed by atoms with Crippen molar-refractivity contribution < 1.29 is 23.4 Å². The van der Waals surface area contributed by atoms with Crippen molar-refractivity contribution in [1.29, 1.82) is 0 Å². The van der Waals surface area contributed by atoms with Gasteiger partial charge in [-0.05, 0) is 54.8 Å². The highest BCUT2D eigenvalue weighted by Gasteiger charge is 2.31. The molecule has 3 heterocycles. The molecule has 1 amide bonds. The topological polar surface area (TPSA) is 86.9 Å². The maximum absolute atomic E-state index is 12.9. The van der Waals surface area contributed by atoms with Gasteiger partial charge in [-0.15, -0.1) is 10.2 Å². The molecule has 0 aliphatic carbocycles. The minimum Gasteiger partial charge on any atom is -0.486 e. The molecule has 0 unspecified atom stereocenters. The monoisotopic (exact) mass is 407 g/mol. The SMILES string of the molecule is O=C(COc1ccc(-c2nnco2)cc1)N1CCC[C@@H]1c1ccc2c(c1)OCCO2. The van der Waals surface area contributed by atoms with E-state index in [2.05, 4.69) is 10.2 Å². The molecular weight excluding hydrogens is 386 g/mol. The second-order valence-corrected chi connectivity index (χ2v) is 7.21. The van der Waals surface area contributed by atoms with E-state index in [1.54, 1.807) is 12.1 Å². The fraction of sp³-hybridized carbons (Fsp3) is 0.318. The van der Waals surface area contributed by atoms with Crippen LogP contribution in [0.25, 0.3) is 11.5 Å². The van der Waals surface area contributed by atoms with Crippen molar-refractivity contribution in [3.63, 3.8) is 0 Å². The number of rotatable bonds is 5. The van der Waals surface area contributed by atoms with Crippen molar-refractivity contribution in [3.05, 3.63) is 54.4 Å². The second-order valence-electron chi connectivity index (χ2n) is 7.21. The lowest BCUT2D eigenvalue weighted by Gasteiger charge is -2.26. The van der Waals surface area contributed by atoms with Crippen LogP contribution in [0.1, 0.15) is 24.4 Å². The summed E-state index contributed by atoms with van der Waals surface area (Å²) >= 11 is 0. The molecule has 5 rings (SSSR count). The average molecular weight is 407 g/mol. The standard InChI is InChI=1S/C22H21N3O5/c26-21(13-29-17-6-3-15(4-7-17)22-24-23-14-30-22)25-9-1-2-18(25)16-5-8-19-20(12-16)28-11-10-27-19/h3-8,12,14,18H,1-2,9-11,13H2/t18-/m1/s1. The van der Waals surface area contributed by atoms with Gasteiger partial charge < -0.3 is 23.5 Å². The van der Waals surface area contributed by atoms with E-state index in [1.807, 2.05) is 35.2 Å². The predicted molar refractivity (Wildman–Crippen MR) is 106 cm³/mol. The zero-order valence-electron chi connectivity index (χ0n) is 16.3. The van der Waals surface area contributed by atoms with Crippen molar-refractivity contribution in [2.75, 3.05) is 26.4 Å². The minimum atomic E-state index is -0.0339. The summed E-state index contributed by atoms with van der Waals surface area (Å²) in [5.74, 6) is 2.52. The van der Waals surface area contributed by atoms with E-state index in [0.29, 0.717) is 24.9 Å². The molecule has 0 spiro atoms. The normalized spacial score (nSPS) is 17.7. The van der Waals surface area contributed by atoms with E-state index in [9.17, 15) is 4.79 Å². The van der Waals surface area contributed by atoms with Crippen LogP contribution in [0.15, 0.2) is 53.3 Å². The summed E-state index contributed by atoms with van der Waals surface area (Å²) in [5.41, 5.74) is 1.86. The van der Waals surface area contributed by atoms with E-state index < -0.39 is 0 Å². The van der Waals surface area contributed by atoms with E-state index >= 15 is 0 Å². The van der Waals surface area contributed by atoms with Gasteiger partial charge in [-0.3, -0.25) is 4.79 Å². The van der Waals surface area contributed by atoms with E-state index in [-0.39, 0.29) is 18.6 Å². The predicted octanol–water partition coefficient (Wildman–Crippen LogP) is 3.25. The van der Waals surface area contributed by atoms with Gasteiger partial charge in [0.25, 0.3) is 5.91 Å². The molecule has 1 fully saturated rings. The minimum absolute atomic E-state index is 0.0129. The number of carbonyl (C=O) groups excluding carboxylic acids is 1. The quantitative estimate of drug-likeness (QED) is 0.642. The van der Waals surface area contributed by atoms with Crippen molar-refractivity contribution >= 4 is 5.91 Å². The number of likely N-dealkylation sites (tertiary alicyclic amines) is 1. The Morgan fingerprint density at radius 1 is 1.10 bits per heavy atom. The van der Waals surface area contributed by atoms with Crippen molar-refractivity contribution in [2.45, 2.75) is 18.9 Å². The molecule has 8 heteroatoms. The molecule has 0 saturated carbocycles. The summed E-state index contributed by atoms with van der Waals surface area (Å²) in [6.45, 7) is 1.81. The molecule has 0 bridgehead atoms. The number of nitrogens with zero attached hydrogens (tertiary/aromatic N) is 3. The third-order valence-corrected chi connectivity index (χ3v) is 5.35. The van der Waals surface area contributed by atoms with Crippen LogP contribution in [0.3, 0.4) is 0 Å². The third-order valence-electron chi connectivity index (χ3n) is 5.35. The molecule has 1 aromatic heterocycles. The number of fused-ring (bicyclic) bond motifs is 1. The molecule has 1 saturated heterocycles. The molecule has 2 aliphatic rings. The van der Waals surface area contributed by atoms with Crippen LogP contribution in [0.5, 0.6) is 17.2 Å². The Bertz CT molecular complexity index is 1020. The van der Waals surface area contributed by atoms with Gasteiger partial charge in [0.2, 0.25) is 12.3 Å². The largest absolute Gasteiger partial charge is 0.486 e. The van der Waals surface area contributed by atoms with Gasteiger partial charge in [-0.25, -0.2) is 0 Å². The summed E-state index contributed by atoms with van der Waals surface area (Å²) in [6, 6.07) is 13.2. The number of amides is 1. The number of benzene rings is 2. The highest BCUT2D eigenvalue weighted by molar-refractivity contribution is 5.78. The first kappa shape index (κ1) is 18.5. The zero-order valence-corrected chi connectivity index (χ0v) is 16.3. The van der Waals surface area contributed by atoms with Crippen molar-refractivity contribution in [1.82, 2.24) is 15.1 Å². The molecule has 3 aromatic rings. The van der Waals surface area contributed by atoms with Gasteiger partial charge in [-0.1, -0.05) is 6.07 Å². The summed E-state index contributed by atoms with van der Waals surface area (Å²) in [6.07, 6.45) is 3.17. The smallest absolute Gasteiger partial charge is 0.261 e. The second kappa shape index (κ2) is 8.06. The van der Waals surface area contributed by atoms with Crippen LogP contribution >= 0.6 is 0 Å². The summed E-state index contributed by atoms with van der Waals surface area (Å²) in [4.78, 5) is 14.7. The molecule has 2 aromatic carbocycles. The highest BCUT2D eigenvalue weighted by Crippen LogP contribution is 2.38. The zero-order chi connectivity index (χ0) is 20.3. The molecule has 0 radical (unpaired) electrons. The number of hydrogen-bond donors (Lipinski definition) is 0. The highest BCUT2D eigenvalue weighted by atomic mass is 16.6. The number of ether oxygens (including phenoxy) is 3. The average Bonchev–Trinajstić information content (AvgIpc) is 3.50. The molecule has 30 heavy (non-hydrogen) atoms. The Kier molecular flexibility index (Phi) is 4.96. The van der Waals surface area contributed by atoms with Crippen LogP contribution in [0.4, 0.5) is 0 Å². The van der Waals surface area contributed by atoms with Gasteiger partial charge in [0, 0.05) is 12.1 Å². The van der Waals surface area contributed by atoms with Gasteiger partial charge in [0.15, 0.2) is 18.1 Å². The number of hydrogen-bond acceptors (Lipinski definition) is 7. The lowest BCUT2D eigenvalue weighted by atomic mass is 10.0. The first-order valence-corrected chi connectivity index (χ1v) is 9.96. The van der Waals surface area contributed by atoms with Gasteiger partial charge in [0.05, 0.1) is 6.04 Å². The Labute approximate surface area is 173 Å². The van der Waals surface area contributed by atoms with Gasteiger partial charge in [0.1, 0.15) is 19.0 Å².